The Morgan fingerprint density at radius 1 is 1.29 bits per heavy atom. The molecule has 9 heteroatoms. The molecule has 0 spiro atoms. The summed E-state index contributed by atoms with van der Waals surface area (Å²) < 4.78 is 13.3. The van der Waals surface area contributed by atoms with Gasteiger partial charge in [-0.1, -0.05) is 12.1 Å². The monoisotopic (exact) mass is 406 g/mol. The lowest BCUT2D eigenvalue weighted by Crippen LogP contribution is -2.48. The lowest BCUT2D eigenvalue weighted by Gasteiger charge is -2.33. The number of likely N-dealkylation sites (tertiary alicyclic amines) is 1. The number of carboxylic acids is 1. The van der Waals surface area contributed by atoms with E-state index in [9.17, 15) is 28.7 Å². The number of carbonyl (C=O) groups excluding carboxylic acids is 3. The SMILES string of the molecule is O=C(O)C1CCCCN1C(=O)CCN1C(=O)SC(=Cc2cccc(F)c2)C1=O. The number of halogens is 1. The molecule has 2 heterocycles. The van der Waals surface area contributed by atoms with Gasteiger partial charge in [-0.25, -0.2) is 9.18 Å². The van der Waals surface area contributed by atoms with E-state index in [1.54, 1.807) is 6.07 Å². The van der Waals surface area contributed by atoms with Crippen LogP contribution in [0.15, 0.2) is 29.2 Å². The molecule has 28 heavy (non-hydrogen) atoms. The standard InChI is InChI=1S/C19H19FN2O5S/c20-13-5-3-4-12(10-13)11-15-17(24)22(19(27)28-15)9-7-16(23)21-8-2-1-6-14(21)18(25)26/h3-5,10-11,14H,1-2,6-9H2,(H,25,26). The average Bonchev–Trinajstić information content (AvgIpc) is 2.92. The van der Waals surface area contributed by atoms with Gasteiger partial charge in [0.1, 0.15) is 11.9 Å². The van der Waals surface area contributed by atoms with Crippen molar-refractivity contribution in [1.29, 1.82) is 0 Å². The predicted octanol–water partition coefficient (Wildman–Crippen LogP) is 2.72. The van der Waals surface area contributed by atoms with Gasteiger partial charge in [-0.05, 0) is 54.8 Å². The minimum absolute atomic E-state index is 0.118. The van der Waals surface area contributed by atoms with Crippen LogP contribution in [-0.4, -0.2) is 57.1 Å². The second kappa shape index (κ2) is 8.55. The smallest absolute Gasteiger partial charge is 0.326 e. The first-order valence-corrected chi connectivity index (χ1v) is 9.71. The Morgan fingerprint density at radius 3 is 2.79 bits per heavy atom. The zero-order valence-corrected chi connectivity index (χ0v) is 15.8. The molecule has 2 saturated heterocycles. The van der Waals surface area contributed by atoms with Crippen LogP contribution >= 0.6 is 11.8 Å². The Balaban J connectivity index is 1.64. The largest absolute Gasteiger partial charge is 0.480 e. The molecule has 2 aliphatic rings. The summed E-state index contributed by atoms with van der Waals surface area (Å²) >= 11 is 0.732. The van der Waals surface area contributed by atoms with Crippen molar-refractivity contribution in [2.75, 3.05) is 13.1 Å². The van der Waals surface area contributed by atoms with Crippen LogP contribution in [0.1, 0.15) is 31.2 Å². The summed E-state index contributed by atoms with van der Waals surface area (Å²) in [7, 11) is 0. The Hall–Kier alpha value is -2.68. The van der Waals surface area contributed by atoms with Crippen molar-refractivity contribution >= 4 is 40.9 Å². The second-order valence-electron chi connectivity index (χ2n) is 6.58. The fourth-order valence-electron chi connectivity index (χ4n) is 3.28. The number of hydrogen-bond donors (Lipinski definition) is 1. The van der Waals surface area contributed by atoms with E-state index >= 15 is 0 Å². The van der Waals surface area contributed by atoms with E-state index in [0.29, 0.717) is 18.5 Å². The molecule has 1 aromatic carbocycles. The lowest BCUT2D eigenvalue weighted by atomic mass is 10.0. The molecule has 0 radical (unpaired) electrons. The molecule has 0 bridgehead atoms. The number of amides is 3. The van der Waals surface area contributed by atoms with Gasteiger partial charge < -0.3 is 10.0 Å². The summed E-state index contributed by atoms with van der Waals surface area (Å²) in [6, 6.07) is 4.79. The van der Waals surface area contributed by atoms with Crippen LogP contribution in [0.4, 0.5) is 9.18 Å². The molecular formula is C19H19FN2O5S. The third-order valence-corrected chi connectivity index (χ3v) is 5.58. The number of rotatable bonds is 5. The van der Waals surface area contributed by atoms with Crippen molar-refractivity contribution in [3.8, 4) is 0 Å². The van der Waals surface area contributed by atoms with Crippen molar-refractivity contribution in [2.24, 2.45) is 0 Å². The molecule has 148 valence electrons. The highest BCUT2D eigenvalue weighted by atomic mass is 32.2. The molecule has 1 atom stereocenters. The van der Waals surface area contributed by atoms with Crippen LogP contribution in [0.25, 0.3) is 6.08 Å². The number of hydrogen-bond acceptors (Lipinski definition) is 5. The van der Waals surface area contributed by atoms with E-state index in [-0.39, 0.29) is 23.8 Å². The number of nitrogens with zero attached hydrogens (tertiary/aromatic N) is 2. The second-order valence-corrected chi connectivity index (χ2v) is 7.57. The Bertz CT molecular complexity index is 856. The first-order chi connectivity index (χ1) is 13.4. The molecule has 3 amide bonds. The highest BCUT2D eigenvalue weighted by Crippen LogP contribution is 2.32. The van der Waals surface area contributed by atoms with Crippen LogP contribution < -0.4 is 0 Å². The van der Waals surface area contributed by atoms with E-state index < -0.39 is 29.0 Å². The fourth-order valence-corrected chi connectivity index (χ4v) is 4.14. The molecular weight excluding hydrogens is 387 g/mol. The quantitative estimate of drug-likeness (QED) is 0.756. The van der Waals surface area contributed by atoms with Gasteiger partial charge in [-0.3, -0.25) is 19.3 Å². The average molecular weight is 406 g/mol. The Morgan fingerprint density at radius 2 is 2.07 bits per heavy atom. The number of carbonyl (C=O) groups is 4. The van der Waals surface area contributed by atoms with Crippen molar-refractivity contribution in [3.05, 3.63) is 40.6 Å². The molecule has 2 aliphatic heterocycles. The minimum Gasteiger partial charge on any atom is -0.480 e. The van der Waals surface area contributed by atoms with Crippen molar-refractivity contribution in [1.82, 2.24) is 9.80 Å². The van der Waals surface area contributed by atoms with E-state index in [1.165, 1.54) is 29.2 Å². The van der Waals surface area contributed by atoms with Crippen LogP contribution in [-0.2, 0) is 14.4 Å². The number of imide groups is 1. The predicted molar refractivity (Wildman–Crippen MR) is 101 cm³/mol. The van der Waals surface area contributed by atoms with E-state index in [0.717, 1.165) is 29.5 Å². The zero-order chi connectivity index (χ0) is 20.3. The van der Waals surface area contributed by atoms with E-state index in [1.807, 2.05) is 0 Å². The van der Waals surface area contributed by atoms with Crippen molar-refractivity contribution in [2.45, 2.75) is 31.7 Å². The van der Waals surface area contributed by atoms with Gasteiger partial charge in [0.25, 0.3) is 11.1 Å². The van der Waals surface area contributed by atoms with Gasteiger partial charge in [-0.15, -0.1) is 0 Å². The topological polar surface area (TPSA) is 95.0 Å². The third-order valence-electron chi connectivity index (χ3n) is 4.68. The molecule has 0 aromatic heterocycles. The number of benzene rings is 1. The van der Waals surface area contributed by atoms with Gasteiger partial charge >= 0.3 is 5.97 Å². The lowest BCUT2D eigenvalue weighted by molar-refractivity contribution is -0.152. The first-order valence-electron chi connectivity index (χ1n) is 8.90. The van der Waals surface area contributed by atoms with Gasteiger partial charge in [0.2, 0.25) is 5.91 Å². The summed E-state index contributed by atoms with van der Waals surface area (Å²) in [4.78, 5) is 50.8. The summed E-state index contributed by atoms with van der Waals surface area (Å²) in [6.07, 6.45) is 3.18. The Kier molecular flexibility index (Phi) is 6.13. The zero-order valence-electron chi connectivity index (χ0n) is 15.0. The van der Waals surface area contributed by atoms with Crippen molar-refractivity contribution in [3.63, 3.8) is 0 Å². The fraction of sp³-hybridized carbons (Fsp3) is 0.368. The summed E-state index contributed by atoms with van der Waals surface area (Å²) in [5.41, 5.74) is 0.458. The van der Waals surface area contributed by atoms with Crippen LogP contribution in [0.5, 0.6) is 0 Å². The number of thioether (sulfide) groups is 1. The van der Waals surface area contributed by atoms with Gasteiger partial charge in [0.15, 0.2) is 0 Å². The molecule has 1 unspecified atom stereocenters. The van der Waals surface area contributed by atoms with Crippen LogP contribution in [0.2, 0.25) is 0 Å². The summed E-state index contributed by atoms with van der Waals surface area (Å²) in [6.45, 7) is 0.240. The molecule has 0 aliphatic carbocycles. The van der Waals surface area contributed by atoms with E-state index in [4.69, 9.17) is 0 Å². The Labute approximate surface area is 165 Å². The highest BCUT2D eigenvalue weighted by molar-refractivity contribution is 8.18. The van der Waals surface area contributed by atoms with E-state index in [2.05, 4.69) is 0 Å². The maximum Gasteiger partial charge on any atom is 0.326 e. The molecule has 2 fully saturated rings. The van der Waals surface area contributed by atoms with Gasteiger partial charge in [0, 0.05) is 19.5 Å². The highest BCUT2D eigenvalue weighted by Gasteiger charge is 2.37. The summed E-state index contributed by atoms with van der Waals surface area (Å²) in [5.74, 6) is -2.42. The number of aliphatic carboxylic acids is 1. The maximum atomic E-state index is 13.3. The molecule has 7 nitrogen and oxygen atoms in total. The molecule has 3 rings (SSSR count). The molecule has 1 aromatic rings. The van der Waals surface area contributed by atoms with Gasteiger partial charge in [-0.2, -0.15) is 0 Å². The van der Waals surface area contributed by atoms with Crippen LogP contribution in [0, 0.1) is 5.82 Å². The minimum atomic E-state index is -1.04. The number of carboxylic acid groups (broad SMARTS) is 1. The first kappa shape index (κ1) is 20.1. The van der Waals surface area contributed by atoms with Crippen molar-refractivity contribution < 1.29 is 28.7 Å². The normalized spacial score (nSPS) is 21.5. The van der Waals surface area contributed by atoms with Crippen LogP contribution in [0.3, 0.4) is 0 Å². The molecule has 1 N–H and O–H groups in total. The van der Waals surface area contributed by atoms with Gasteiger partial charge in [0.05, 0.1) is 4.91 Å². The number of piperidine rings is 1. The maximum absolute atomic E-state index is 13.3. The summed E-state index contributed by atoms with van der Waals surface area (Å²) in [5, 5.41) is 8.76. The third kappa shape index (κ3) is 4.41. The molecule has 0 saturated carbocycles.